The van der Waals surface area contributed by atoms with Crippen LogP contribution in [0, 0.1) is 0 Å². The first-order valence-corrected chi connectivity index (χ1v) is 7.54. The minimum absolute atomic E-state index is 0.142. The van der Waals surface area contributed by atoms with E-state index in [4.69, 9.17) is 4.74 Å². The Morgan fingerprint density at radius 3 is 2.21 bits per heavy atom. The number of nitrogens with one attached hydrogen (secondary N) is 1. The van der Waals surface area contributed by atoms with Crippen LogP contribution in [0.15, 0.2) is 24.3 Å². The van der Waals surface area contributed by atoms with Gasteiger partial charge < -0.3 is 10.1 Å². The molecule has 0 aromatic heterocycles. The van der Waals surface area contributed by atoms with Gasteiger partial charge in [-0.15, -0.1) is 0 Å². The lowest BCUT2D eigenvalue weighted by Crippen LogP contribution is -2.34. The van der Waals surface area contributed by atoms with Gasteiger partial charge in [-0.25, -0.2) is 0 Å². The fraction of sp³-hybridized carbons (Fsp3) is 0.647. The molecule has 0 unspecified atom stereocenters. The number of piperidine rings is 1. The summed E-state index contributed by atoms with van der Waals surface area (Å²) in [6, 6.07) is 8.43. The van der Waals surface area contributed by atoms with E-state index in [0.717, 1.165) is 31.7 Å². The first-order valence-electron chi connectivity index (χ1n) is 7.54. The van der Waals surface area contributed by atoms with Crippen molar-refractivity contribution in [2.75, 3.05) is 13.1 Å². The number of ether oxygens (including phenoxy) is 1. The van der Waals surface area contributed by atoms with Gasteiger partial charge in [-0.3, -0.25) is 0 Å². The van der Waals surface area contributed by atoms with Crippen LogP contribution in [0.2, 0.25) is 0 Å². The fourth-order valence-corrected chi connectivity index (χ4v) is 2.28. The molecule has 0 spiro atoms. The van der Waals surface area contributed by atoms with Gasteiger partial charge in [0.25, 0.3) is 0 Å². The number of benzene rings is 1. The minimum atomic E-state index is 0.142. The predicted octanol–water partition coefficient (Wildman–Crippen LogP) is 4.14. The predicted molar refractivity (Wildman–Crippen MR) is 83.0 cm³/mol. The molecule has 2 nitrogen and oxygen atoms in total. The Bertz CT molecular complexity index is 362. The lowest BCUT2D eigenvalue weighted by Gasteiger charge is -2.28. The highest BCUT2D eigenvalue weighted by Gasteiger charge is 2.21. The molecule has 1 aromatic rings. The van der Waals surface area contributed by atoms with Crippen LogP contribution >= 0.6 is 0 Å². The standard InChI is InChI=1S/C15H23NO.C2H6/c1-15(2,3)13-6-4-5-7-14(13)17-12-8-10-16-11-9-12;1-2/h4-7,12,16H,8-11H2,1-3H3;1-2H3. The van der Waals surface area contributed by atoms with E-state index >= 15 is 0 Å². The first kappa shape index (κ1) is 16.0. The van der Waals surface area contributed by atoms with Gasteiger partial charge in [0.05, 0.1) is 0 Å². The molecule has 0 bridgehead atoms. The summed E-state index contributed by atoms with van der Waals surface area (Å²) in [5.74, 6) is 1.06. The average Bonchev–Trinajstić information content (AvgIpc) is 2.42. The van der Waals surface area contributed by atoms with Gasteiger partial charge in [-0.2, -0.15) is 0 Å². The monoisotopic (exact) mass is 263 g/mol. The van der Waals surface area contributed by atoms with E-state index in [9.17, 15) is 0 Å². The van der Waals surface area contributed by atoms with E-state index in [1.165, 1.54) is 5.56 Å². The Morgan fingerprint density at radius 1 is 1.05 bits per heavy atom. The SMILES string of the molecule is CC.CC(C)(C)c1ccccc1OC1CCNCC1. The zero-order valence-corrected chi connectivity index (χ0v) is 13.1. The third-order valence-corrected chi connectivity index (χ3v) is 3.27. The number of hydrogen-bond acceptors (Lipinski definition) is 2. The molecule has 0 radical (unpaired) electrons. The third-order valence-electron chi connectivity index (χ3n) is 3.27. The summed E-state index contributed by atoms with van der Waals surface area (Å²) in [6.45, 7) is 12.8. The second-order valence-corrected chi connectivity index (χ2v) is 5.81. The Morgan fingerprint density at radius 2 is 1.63 bits per heavy atom. The molecular formula is C17H29NO. The average molecular weight is 263 g/mol. The topological polar surface area (TPSA) is 21.3 Å². The smallest absolute Gasteiger partial charge is 0.123 e. The van der Waals surface area contributed by atoms with E-state index in [0.29, 0.717) is 6.10 Å². The van der Waals surface area contributed by atoms with E-state index in [1.54, 1.807) is 0 Å². The summed E-state index contributed by atoms with van der Waals surface area (Å²) < 4.78 is 6.17. The molecular weight excluding hydrogens is 234 g/mol. The van der Waals surface area contributed by atoms with Gasteiger partial charge >= 0.3 is 0 Å². The van der Waals surface area contributed by atoms with Crippen molar-refractivity contribution in [3.8, 4) is 5.75 Å². The molecule has 0 amide bonds. The van der Waals surface area contributed by atoms with Crippen LogP contribution < -0.4 is 10.1 Å². The molecule has 0 aliphatic carbocycles. The van der Waals surface area contributed by atoms with Crippen LogP contribution in [0.25, 0.3) is 0 Å². The maximum atomic E-state index is 6.17. The van der Waals surface area contributed by atoms with Crippen molar-refractivity contribution < 1.29 is 4.74 Å². The Balaban J connectivity index is 0.000000861. The molecule has 108 valence electrons. The minimum Gasteiger partial charge on any atom is -0.490 e. The Labute approximate surface area is 118 Å². The highest BCUT2D eigenvalue weighted by Crippen LogP contribution is 2.32. The van der Waals surface area contributed by atoms with Gasteiger partial charge in [0.1, 0.15) is 11.9 Å². The van der Waals surface area contributed by atoms with E-state index in [2.05, 4.69) is 50.4 Å². The van der Waals surface area contributed by atoms with Gasteiger partial charge in [0, 0.05) is 0 Å². The zero-order valence-electron chi connectivity index (χ0n) is 13.1. The van der Waals surface area contributed by atoms with Crippen LogP contribution in [-0.4, -0.2) is 19.2 Å². The normalized spacial score (nSPS) is 16.5. The van der Waals surface area contributed by atoms with Crippen molar-refractivity contribution in [3.05, 3.63) is 29.8 Å². The van der Waals surface area contributed by atoms with Crippen molar-refractivity contribution in [3.63, 3.8) is 0 Å². The highest BCUT2D eigenvalue weighted by atomic mass is 16.5. The largest absolute Gasteiger partial charge is 0.490 e. The number of hydrogen-bond donors (Lipinski definition) is 1. The Hall–Kier alpha value is -1.02. The maximum Gasteiger partial charge on any atom is 0.123 e. The molecule has 19 heavy (non-hydrogen) atoms. The fourth-order valence-electron chi connectivity index (χ4n) is 2.28. The molecule has 0 atom stereocenters. The molecule has 0 saturated carbocycles. The van der Waals surface area contributed by atoms with Crippen molar-refractivity contribution in [2.24, 2.45) is 0 Å². The number of rotatable bonds is 2. The van der Waals surface area contributed by atoms with Crippen molar-refractivity contribution in [1.29, 1.82) is 0 Å². The molecule has 1 fully saturated rings. The van der Waals surface area contributed by atoms with Gasteiger partial charge in [0.15, 0.2) is 0 Å². The molecule has 1 N–H and O–H groups in total. The number of para-hydroxylation sites is 1. The quantitative estimate of drug-likeness (QED) is 0.866. The summed E-state index contributed by atoms with van der Waals surface area (Å²) in [6.07, 6.45) is 2.59. The van der Waals surface area contributed by atoms with Crippen LogP contribution in [0.4, 0.5) is 0 Å². The van der Waals surface area contributed by atoms with E-state index in [-0.39, 0.29) is 5.41 Å². The molecule has 1 heterocycles. The van der Waals surface area contributed by atoms with Crippen molar-refractivity contribution >= 4 is 0 Å². The van der Waals surface area contributed by atoms with Gasteiger partial charge in [-0.1, -0.05) is 52.8 Å². The summed E-state index contributed by atoms with van der Waals surface area (Å²) >= 11 is 0. The molecule has 1 aliphatic heterocycles. The van der Waals surface area contributed by atoms with Crippen LogP contribution in [0.5, 0.6) is 5.75 Å². The van der Waals surface area contributed by atoms with Crippen LogP contribution in [0.3, 0.4) is 0 Å². The summed E-state index contributed by atoms with van der Waals surface area (Å²) in [5.41, 5.74) is 1.45. The maximum absolute atomic E-state index is 6.17. The van der Waals surface area contributed by atoms with Gasteiger partial charge in [0.2, 0.25) is 0 Å². The summed E-state index contributed by atoms with van der Waals surface area (Å²) in [4.78, 5) is 0. The molecule has 2 heteroatoms. The Kier molecular flexibility index (Phi) is 6.36. The first-order chi connectivity index (χ1) is 9.07. The lowest BCUT2D eigenvalue weighted by atomic mass is 9.86. The lowest BCUT2D eigenvalue weighted by molar-refractivity contribution is 0.159. The van der Waals surface area contributed by atoms with E-state index in [1.807, 2.05) is 13.8 Å². The molecule has 1 saturated heterocycles. The summed E-state index contributed by atoms with van der Waals surface area (Å²) in [7, 11) is 0. The van der Waals surface area contributed by atoms with Crippen LogP contribution in [0.1, 0.15) is 53.0 Å². The molecule has 2 rings (SSSR count). The van der Waals surface area contributed by atoms with E-state index < -0.39 is 0 Å². The molecule has 1 aliphatic rings. The summed E-state index contributed by atoms with van der Waals surface area (Å²) in [5, 5.41) is 3.37. The highest BCUT2D eigenvalue weighted by molar-refractivity contribution is 5.38. The zero-order chi connectivity index (χ0) is 14.3. The third kappa shape index (κ3) is 4.87. The second-order valence-electron chi connectivity index (χ2n) is 5.81. The van der Waals surface area contributed by atoms with Gasteiger partial charge in [-0.05, 0) is 43.0 Å². The second kappa shape index (κ2) is 7.54. The molecule has 1 aromatic carbocycles. The van der Waals surface area contributed by atoms with Crippen molar-refractivity contribution in [2.45, 2.75) is 59.0 Å². The van der Waals surface area contributed by atoms with Crippen LogP contribution in [-0.2, 0) is 5.41 Å². The van der Waals surface area contributed by atoms with Crippen molar-refractivity contribution in [1.82, 2.24) is 5.32 Å².